The quantitative estimate of drug-likeness (QED) is 0.334. The van der Waals surface area contributed by atoms with Gasteiger partial charge in [-0.3, -0.25) is 4.99 Å². The van der Waals surface area contributed by atoms with Crippen LogP contribution in [0.1, 0.15) is 12.1 Å². The number of hydrogen-bond donors (Lipinski definition) is 3. The van der Waals surface area contributed by atoms with E-state index < -0.39 is 17.9 Å². The zero-order valence-corrected chi connectivity index (χ0v) is 12.3. The predicted molar refractivity (Wildman–Crippen MR) is 54.8 cm³/mol. The number of imidazole rings is 1. The van der Waals surface area contributed by atoms with Crippen LogP contribution in [0.3, 0.4) is 0 Å². The molecule has 0 saturated carbocycles. The Morgan fingerprint density at radius 2 is 2.41 bits per heavy atom. The molecular formula is C9H13N4O3Zn-. The van der Waals surface area contributed by atoms with Crippen molar-refractivity contribution in [2.75, 3.05) is 6.54 Å². The fraction of sp³-hybridized carbons (Fsp3) is 0.444. The fourth-order valence-corrected chi connectivity index (χ4v) is 1.15. The molecule has 1 aromatic rings. The number of hydrogen-bond acceptors (Lipinski definition) is 5. The average molecular weight is 291 g/mol. The number of aromatic nitrogens is 2. The first-order valence-electron chi connectivity index (χ1n) is 4.77. The van der Waals surface area contributed by atoms with Gasteiger partial charge in [0.25, 0.3) is 0 Å². The third kappa shape index (κ3) is 5.56. The van der Waals surface area contributed by atoms with E-state index in [1.54, 1.807) is 0 Å². The Labute approximate surface area is 111 Å². The topological polar surface area (TPSA) is 127 Å². The Kier molecular flexibility index (Phi) is 7.33. The first kappa shape index (κ1) is 15.7. The summed E-state index contributed by atoms with van der Waals surface area (Å²) >= 11 is 0. The molecule has 0 amide bonds. The Bertz CT molecular complexity index is 366. The normalized spacial score (nSPS) is 12.9. The van der Waals surface area contributed by atoms with Crippen molar-refractivity contribution < 1.29 is 34.5 Å². The van der Waals surface area contributed by atoms with Crippen LogP contribution in [0.15, 0.2) is 17.5 Å². The van der Waals surface area contributed by atoms with E-state index in [1.807, 2.05) is 0 Å². The molecule has 0 unspecified atom stereocenters. The number of aliphatic carboxylic acids is 1. The molecule has 0 aliphatic rings. The summed E-state index contributed by atoms with van der Waals surface area (Å²) in [5.74, 6) is -1.63. The SMILES string of the molecule is NCCC([O-])=N[C@@H](Cc1cnc[nH]1)C(=O)O.[Zn]. The van der Waals surface area contributed by atoms with Gasteiger partial charge in [0, 0.05) is 37.8 Å². The Morgan fingerprint density at radius 1 is 1.71 bits per heavy atom. The van der Waals surface area contributed by atoms with Crippen molar-refractivity contribution in [3.8, 4) is 0 Å². The first-order chi connectivity index (χ1) is 7.63. The number of nitrogens with one attached hydrogen (secondary N) is 1. The molecule has 4 N–H and O–H groups in total. The number of H-pyrrole nitrogens is 1. The van der Waals surface area contributed by atoms with E-state index >= 15 is 0 Å². The van der Waals surface area contributed by atoms with Crippen LogP contribution in [0.4, 0.5) is 0 Å². The number of carboxylic acid groups (broad SMARTS) is 1. The van der Waals surface area contributed by atoms with Gasteiger partial charge in [-0.15, -0.1) is 0 Å². The van der Waals surface area contributed by atoms with Gasteiger partial charge in [0.2, 0.25) is 0 Å². The van der Waals surface area contributed by atoms with Crippen molar-refractivity contribution in [2.45, 2.75) is 18.9 Å². The number of nitrogens with zero attached hydrogens (tertiary/aromatic N) is 2. The van der Waals surface area contributed by atoms with Crippen molar-refractivity contribution in [1.29, 1.82) is 0 Å². The summed E-state index contributed by atoms with van der Waals surface area (Å²) in [6, 6.07) is -1.08. The second-order valence-corrected chi connectivity index (χ2v) is 3.20. The van der Waals surface area contributed by atoms with Gasteiger partial charge in [0.1, 0.15) is 0 Å². The number of nitrogens with two attached hydrogens (primary N) is 1. The minimum Gasteiger partial charge on any atom is -0.862 e. The molecular weight excluding hydrogens is 278 g/mol. The Morgan fingerprint density at radius 3 is 2.88 bits per heavy atom. The van der Waals surface area contributed by atoms with E-state index in [1.165, 1.54) is 12.5 Å². The van der Waals surface area contributed by atoms with Crippen LogP contribution in [-0.2, 0) is 30.7 Å². The molecule has 0 radical (unpaired) electrons. The molecule has 90 valence electrons. The van der Waals surface area contributed by atoms with E-state index in [0.717, 1.165) is 0 Å². The maximum Gasteiger partial charge on any atom is 0.328 e. The fourth-order valence-electron chi connectivity index (χ4n) is 1.15. The maximum absolute atomic E-state index is 11.2. The standard InChI is InChI=1S/C9H14N4O3.Zn/c10-2-1-8(14)13-7(9(15)16)3-6-4-11-5-12-6;/h4-5,7H,1-3,10H2,(H,11,12)(H,13,14)(H,15,16);/p-1/t7-;/m0./s1. The van der Waals surface area contributed by atoms with Crippen LogP contribution in [0.5, 0.6) is 0 Å². The molecule has 0 bridgehead atoms. The molecule has 0 spiro atoms. The Balaban J connectivity index is 0.00000256. The molecule has 0 fully saturated rings. The van der Waals surface area contributed by atoms with E-state index in [4.69, 9.17) is 10.8 Å². The molecule has 0 saturated heterocycles. The van der Waals surface area contributed by atoms with E-state index in [2.05, 4.69) is 15.0 Å². The Hall–Kier alpha value is -1.27. The van der Waals surface area contributed by atoms with Crippen LogP contribution in [0.2, 0.25) is 0 Å². The second kappa shape index (κ2) is 7.92. The first-order valence-corrected chi connectivity index (χ1v) is 4.77. The minimum atomic E-state index is -1.14. The van der Waals surface area contributed by atoms with Crippen molar-refractivity contribution in [3.63, 3.8) is 0 Å². The van der Waals surface area contributed by atoms with Crippen molar-refractivity contribution >= 4 is 11.9 Å². The van der Waals surface area contributed by atoms with Crippen molar-refractivity contribution in [2.24, 2.45) is 10.7 Å². The molecule has 8 heteroatoms. The molecule has 0 aliphatic heterocycles. The van der Waals surface area contributed by atoms with Crippen LogP contribution in [0.25, 0.3) is 0 Å². The number of carboxylic acids is 1. The molecule has 1 atom stereocenters. The molecule has 7 nitrogen and oxygen atoms in total. The summed E-state index contributed by atoms with van der Waals surface area (Å²) in [7, 11) is 0. The van der Waals surface area contributed by atoms with Crippen LogP contribution < -0.4 is 10.8 Å². The van der Waals surface area contributed by atoms with E-state index in [-0.39, 0.29) is 38.9 Å². The number of rotatable bonds is 6. The number of aromatic amines is 1. The van der Waals surface area contributed by atoms with Gasteiger partial charge in [-0.2, -0.15) is 0 Å². The van der Waals surface area contributed by atoms with Crippen LogP contribution in [0, 0.1) is 0 Å². The molecule has 1 heterocycles. The van der Waals surface area contributed by atoms with Gasteiger partial charge in [-0.25, -0.2) is 9.78 Å². The van der Waals surface area contributed by atoms with E-state index in [9.17, 15) is 9.90 Å². The number of aliphatic imine (C=N–C) groups is 1. The van der Waals surface area contributed by atoms with Gasteiger partial charge in [0.15, 0.2) is 6.04 Å². The summed E-state index contributed by atoms with van der Waals surface area (Å²) in [6.45, 7) is 0.165. The monoisotopic (exact) mass is 289 g/mol. The zero-order valence-electron chi connectivity index (χ0n) is 9.30. The van der Waals surface area contributed by atoms with Crippen molar-refractivity contribution in [3.05, 3.63) is 18.2 Å². The molecule has 1 aromatic heterocycles. The zero-order chi connectivity index (χ0) is 12.0. The van der Waals surface area contributed by atoms with Crippen LogP contribution >= 0.6 is 0 Å². The summed E-state index contributed by atoms with van der Waals surface area (Å²) in [5.41, 5.74) is 5.79. The maximum atomic E-state index is 11.2. The minimum absolute atomic E-state index is 0. The summed E-state index contributed by atoms with van der Waals surface area (Å²) in [6.07, 6.45) is 3.12. The third-order valence-corrected chi connectivity index (χ3v) is 1.91. The summed E-state index contributed by atoms with van der Waals surface area (Å²) in [5, 5.41) is 20.0. The third-order valence-electron chi connectivity index (χ3n) is 1.91. The number of carbonyl (C=O) groups is 1. The van der Waals surface area contributed by atoms with Gasteiger partial charge in [-0.05, 0) is 18.9 Å². The van der Waals surface area contributed by atoms with Gasteiger partial charge < -0.3 is 20.9 Å². The van der Waals surface area contributed by atoms with Gasteiger partial charge in [-0.1, -0.05) is 0 Å². The predicted octanol–water partition coefficient (Wildman–Crippen LogP) is -1.49. The second-order valence-electron chi connectivity index (χ2n) is 3.20. The van der Waals surface area contributed by atoms with Crippen LogP contribution in [-0.4, -0.2) is 39.5 Å². The molecule has 17 heavy (non-hydrogen) atoms. The molecule has 1 rings (SSSR count). The molecule has 0 aromatic carbocycles. The smallest absolute Gasteiger partial charge is 0.328 e. The summed E-state index contributed by atoms with van der Waals surface area (Å²) in [4.78, 5) is 20.9. The molecule has 0 aliphatic carbocycles. The largest absolute Gasteiger partial charge is 0.862 e. The van der Waals surface area contributed by atoms with Crippen molar-refractivity contribution in [1.82, 2.24) is 9.97 Å². The summed E-state index contributed by atoms with van der Waals surface area (Å²) < 4.78 is 0. The van der Waals surface area contributed by atoms with Gasteiger partial charge >= 0.3 is 5.97 Å². The van der Waals surface area contributed by atoms with E-state index in [0.29, 0.717) is 5.69 Å². The average Bonchev–Trinajstić information content (AvgIpc) is 2.69. The van der Waals surface area contributed by atoms with Gasteiger partial charge in [0.05, 0.1) is 6.33 Å².